The van der Waals surface area contributed by atoms with Gasteiger partial charge >= 0.3 is 0 Å². The second-order valence-corrected chi connectivity index (χ2v) is 9.61. The van der Waals surface area contributed by atoms with Crippen LogP contribution < -0.4 is 5.32 Å². The highest BCUT2D eigenvalue weighted by atomic mass is 16.2. The molecule has 2 aliphatic carbocycles. The molecule has 0 radical (unpaired) electrons. The molecule has 3 aliphatic rings. The third-order valence-corrected chi connectivity index (χ3v) is 7.06. The number of amides is 1. The van der Waals surface area contributed by atoms with E-state index in [1.165, 1.54) is 31.4 Å². The van der Waals surface area contributed by atoms with E-state index in [-0.39, 0.29) is 11.7 Å². The smallest absolute Gasteiger partial charge is 0.234 e. The highest BCUT2D eigenvalue weighted by Gasteiger charge is 2.26. The minimum absolute atomic E-state index is 0.142. The molecule has 2 fully saturated rings. The average molecular weight is 427 g/mol. The summed E-state index contributed by atoms with van der Waals surface area (Å²) in [6.45, 7) is 9.51. The van der Waals surface area contributed by atoms with Crippen molar-refractivity contribution in [2.24, 2.45) is 0 Å². The lowest BCUT2D eigenvalue weighted by molar-refractivity contribution is -0.122. The first-order valence-electron chi connectivity index (χ1n) is 12.1. The number of Topliss-reactive ketones (excluding diaryl/α,β-unsaturated/α-hetero) is 1. The summed E-state index contributed by atoms with van der Waals surface area (Å²) < 4.78 is 2.32. The van der Waals surface area contributed by atoms with Gasteiger partial charge in [0.2, 0.25) is 5.91 Å². The third-order valence-electron chi connectivity index (χ3n) is 7.06. The molecule has 0 aromatic carbocycles. The van der Waals surface area contributed by atoms with Gasteiger partial charge in [0.15, 0.2) is 5.78 Å². The molecule has 1 aromatic rings. The molecule has 6 heteroatoms. The van der Waals surface area contributed by atoms with E-state index >= 15 is 0 Å². The van der Waals surface area contributed by atoms with Gasteiger partial charge in [0.1, 0.15) is 0 Å². The Morgan fingerprint density at radius 1 is 1.03 bits per heavy atom. The predicted octanol–water partition coefficient (Wildman–Crippen LogP) is 3.07. The molecule has 1 aromatic heterocycles. The lowest BCUT2D eigenvalue weighted by Gasteiger charge is -2.33. The number of allylic oxidation sites excluding steroid dienone is 2. The quantitative estimate of drug-likeness (QED) is 0.487. The molecule has 1 saturated heterocycles. The second kappa shape index (κ2) is 10.1. The van der Waals surface area contributed by atoms with Gasteiger partial charge in [-0.05, 0) is 64.9 Å². The van der Waals surface area contributed by atoms with Gasteiger partial charge in [-0.3, -0.25) is 19.4 Å². The Morgan fingerprint density at radius 3 is 2.39 bits per heavy atom. The number of hydrogen-bond donors (Lipinski definition) is 1. The SMILES string of the molecule is Cc1cc(C(=O)CN2CCN(CC(=O)NC3CC3)CC2)c(C)n1CCC1=CCCCC1. The fourth-order valence-corrected chi connectivity index (χ4v) is 4.91. The molecular weight excluding hydrogens is 388 g/mol. The van der Waals surface area contributed by atoms with Gasteiger partial charge in [-0.25, -0.2) is 0 Å². The highest BCUT2D eigenvalue weighted by molar-refractivity contribution is 5.99. The summed E-state index contributed by atoms with van der Waals surface area (Å²) in [5.74, 6) is 0.361. The normalized spacial score (nSPS) is 20.5. The average Bonchev–Trinajstić information content (AvgIpc) is 3.52. The number of carbonyl (C=O) groups excluding carboxylic acids is 2. The predicted molar refractivity (Wildman–Crippen MR) is 123 cm³/mol. The largest absolute Gasteiger partial charge is 0.352 e. The van der Waals surface area contributed by atoms with Gasteiger partial charge < -0.3 is 9.88 Å². The first-order valence-corrected chi connectivity index (χ1v) is 12.1. The standard InChI is InChI=1S/C25H38N4O2/c1-19-16-23(20(2)29(19)11-10-21-6-4-3-5-7-21)24(30)17-27-12-14-28(15-13-27)18-25(31)26-22-8-9-22/h6,16,22H,3-5,7-15,17-18H2,1-2H3,(H,26,31). The molecule has 170 valence electrons. The molecule has 31 heavy (non-hydrogen) atoms. The summed E-state index contributed by atoms with van der Waals surface area (Å²) >= 11 is 0. The van der Waals surface area contributed by atoms with Crippen LogP contribution in [0.5, 0.6) is 0 Å². The van der Waals surface area contributed by atoms with E-state index in [0.717, 1.165) is 63.2 Å². The maximum absolute atomic E-state index is 13.0. The van der Waals surface area contributed by atoms with Gasteiger partial charge in [0, 0.05) is 55.7 Å². The lowest BCUT2D eigenvalue weighted by atomic mass is 9.97. The van der Waals surface area contributed by atoms with E-state index in [1.807, 2.05) is 0 Å². The maximum Gasteiger partial charge on any atom is 0.234 e. The second-order valence-electron chi connectivity index (χ2n) is 9.61. The van der Waals surface area contributed by atoms with Crippen molar-refractivity contribution >= 4 is 11.7 Å². The van der Waals surface area contributed by atoms with E-state index in [2.05, 4.69) is 45.7 Å². The van der Waals surface area contributed by atoms with E-state index in [4.69, 9.17) is 0 Å². The van der Waals surface area contributed by atoms with E-state index in [1.54, 1.807) is 5.57 Å². The number of hydrogen-bond acceptors (Lipinski definition) is 4. The molecule has 6 nitrogen and oxygen atoms in total. The summed E-state index contributed by atoms with van der Waals surface area (Å²) in [6, 6.07) is 2.50. The Labute approximate surface area is 186 Å². The molecule has 0 spiro atoms. The van der Waals surface area contributed by atoms with Gasteiger partial charge in [-0.2, -0.15) is 0 Å². The Hall–Kier alpha value is -1.92. The zero-order chi connectivity index (χ0) is 21.8. The Kier molecular flexibility index (Phi) is 7.28. The van der Waals surface area contributed by atoms with Crippen LogP contribution in [0, 0.1) is 13.8 Å². The Bertz CT molecular complexity index is 829. The van der Waals surface area contributed by atoms with Crippen molar-refractivity contribution in [2.45, 2.75) is 71.4 Å². The minimum atomic E-state index is 0.142. The van der Waals surface area contributed by atoms with Crippen LogP contribution in [0.15, 0.2) is 17.7 Å². The summed E-state index contributed by atoms with van der Waals surface area (Å²) in [7, 11) is 0. The number of nitrogens with zero attached hydrogens (tertiary/aromatic N) is 3. The first kappa shape index (κ1) is 22.3. The Balaban J connectivity index is 1.25. The molecule has 1 aliphatic heterocycles. The van der Waals surface area contributed by atoms with Crippen LogP contribution >= 0.6 is 0 Å². The van der Waals surface area contributed by atoms with Crippen molar-refractivity contribution in [3.05, 3.63) is 34.7 Å². The molecule has 2 heterocycles. The van der Waals surface area contributed by atoms with Gasteiger partial charge in [-0.1, -0.05) is 11.6 Å². The maximum atomic E-state index is 13.0. The molecule has 0 atom stereocenters. The zero-order valence-electron chi connectivity index (χ0n) is 19.3. The molecule has 0 bridgehead atoms. The van der Waals surface area contributed by atoms with Crippen LogP contribution in [0.4, 0.5) is 0 Å². The number of aromatic nitrogens is 1. The lowest BCUT2D eigenvalue weighted by Crippen LogP contribution is -2.50. The highest BCUT2D eigenvalue weighted by Crippen LogP contribution is 2.23. The van der Waals surface area contributed by atoms with Crippen LogP contribution in [0.3, 0.4) is 0 Å². The number of aryl methyl sites for hydroxylation is 1. The number of rotatable bonds is 9. The topological polar surface area (TPSA) is 57.6 Å². The van der Waals surface area contributed by atoms with Crippen molar-refractivity contribution in [1.29, 1.82) is 0 Å². The van der Waals surface area contributed by atoms with Crippen molar-refractivity contribution < 1.29 is 9.59 Å². The molecule has 1 amide bonds. The van der Waals surface area contributed by atoms with Gasteiger partial charge in [0.25, 0.3) is 0 Å². The monoisotopic (exact) mass is 426 g/mol. The molecule has 1 saturated carbocycles. The summed E-state index contributed by atoms with van der Waals surface area (Å²) in [6.07, 6.45) is 10.9. The fourth-order valence-electron chi connectivity index (χ4n) is 4.91. The van der Waals surface area contributed by atoms with Crippen LogP contribution in [-0.4, -0.2) is 71.4 Å². The summed E-state index contributed by atoms with van der Waals surface area (Å²) in [5, 5.41) is 3.06. The number of piperazine rings is 1. The van der Waals surface area contributed by atoms with Crippen LogP contribution in [0.2, 0.25) is 0 Å². The van der Waals surface area contributed by atoms with Crippen molar-refractivity contribution in [3.8, 4) is 0 Å². The van der Waals surface area contributed by atoms with Crippen molar-refractivity contribution in [2.75, 3.05) is 39.3 Å². The first-order chi connectivity index (χ1) is 15.0. The number of carbonyl (C=O) groups is 2. The van der Waals surface area contributed by atoms with Crippen LogP contribution in [-0.2, 0) is 11.3 Å². The number of ketones is 1. The minimum Gasteiger partial charge on any atom is -0.352 e. The summed E-state index contributed by atoms with van der Waals surface area (Å²) in [4.78, 5) is 29.5. The van der Waals surface area contributed by atoms with E-state index < -0.39 is 0 Å². The fraction of sp³-hybridized carbons (Fsp3) is 0.680. The van der Waals surface area contributed by atoms with Crippen molar-refractivity contribution in [3.63, 3.8) is 0 Å². The van der Waals surface area contributed by atoms with Crippen molar-refractivity contribution in [1.82, 2.24) is 19.7 Å². The molecule has 4 rings (SSSR count). The van der Waals surface area contributed by atoms with E-state index in [0.29, 0.717) is 19.1 Å². The molecular formula is C25H38N4O2. The molecule has 0 unspecified atom stereocenters. The van der Waals surface area contributed by atoms with Gasteiger partial charge in [-0.15, -0.1) is 0 Å². The van der Waals surface area contributed by atoms with E-state index in [9.17, 15) is 9.59 Å². The number of nitrogens with one attached hydrogen (secondary N) is 1. The molecule has 1 N–H and O–H groups in total. The van der Waals surface area contributed by atoms with Crippen LogP contribution in [0.25, 0.3) is 0 Å². The third kappa shape index (κ3) is 6.07. The van der Waals surface area contributed by atoms with Crippen LogP contribution in [0.1, 0.15) is 66.7 Å². The Morgan fingerprint density at radius 2 is 1.74 bits per heavy atom. The van der Waals surface area contributed by atoms with Gasteiger partial charge in [0.05, 0.1) is 13.1 Å². The zero-order valence-corrected chi connectivity index (χ0v) is 19.3. The summed E-state index contributed by atoms with van der Waals surface area (Å²) in [5.41, 5.74) is 4.75.